The number of carbonyl (C=O) groups is 5. The van der Waals surface area contributed by atoms with Crippen molar-refractivity contribution in [1.29, 1.82) is 0 Å². The minimum atomic E-state index is -0.560. The number of carbonyl (C=O) groups excluding carboxylic acids is 5. The van der Waals surface area contributed by atoms with Gasteiger partial charge in [0.15, 0.2) is 5.82 Å². The van der Waals surface area contributed by atoms with Crippen LogP contribution in [0.4, 0.5) is 17.2 Å². The van der Waals surface area contributed by atoms with Gasteiger partial charge in [-0.15, -0.1) is 0 Å². The van der Waals surface area contributed by atoms with Crippen molar-refractivity contribution < 1.29 is 28.7 Å². The second-order valence-electron chi connectivity index (χ2n) is 8.65. The van der Waals surface area contributed by atoms with Crippen LogP contribution in [0, 0.1) is 0 Å². The van der Waals surface area contributed by atoms with Crippen molar-refractivity contribution in [3.8, 4) is 0 Å². The Balaban J connectivity index is 1.51. The predicted octanol–water partition coefficient (Wildman–Crippen LogP) is -0.0169. The molecule has 3 heterocycles. The fraction of sp³-hybridized carbons (Fsp3) is 0.333. The number of anilines is 3. The van der Waals surface area contributed by atoms with Gasteiger partial charge in [0.05, 0.1) is 24.9 Å². The van der Waals surface area contributed by atoms with Crippen LogP contribution in [0.1, 0.15) is 44.4 Å². The topological polar surface area (TPSA) is 196 Å². The highest BCUT2D eigenvalue weighted by Crippen LogP contribution is 2.15. The van der Waals surface area contributed by atoms with Crippen molar-refractivity contribution >= 4 is 46.8 Å². The molecule has 0 aliphatic rings. The fourth-order valence-corrected chi connectivity index (χ4v) is 3.66. The molecule has 0 fully saturated rings. The number of nitrogens with zero attached hydrogens (tertiary/aromatic N) is 4. The van der Waals surface area contributed by atoms with Gasteiger partial charge in [-0.25, -0.2) is 4.98 Å². The third-order valence-corrected chi connectivity index (χ3v) is 5.58. The molecule has 3 aromatic rings. The normalized spacial score (nSPS) is 10.6. The zero-order valence-corrected chi connectivity index (χ0v) is 22.0. The summed E-state index contributed by atoms with van der Waals surface area (Å²) in [6.45, 7) is 0.192. The third-order valence-electron chi connectivity index (χ3n) is 5.58. The number of esters is 1. The van der Waals surface area contributed by atoms with Crippen molar-refractivity contribution in [3.63, 3.8) is 0 Å². The second-order valence-corrected chi connectivity index (χ2v) is 8.65. The molecule has 0 bridgehead atoms. The molecule has 3 aromatic heterocycles. The fourth-order valence-electron chi connectivity index (χ4n) is 3.66. The van der Waals surface area contributed by atoms with Crippen LogP contribution < -0.4 is 27.0 Å². The van der Waals surface area contributed by atoms with Gasteiger partial charge >= 0.3 is 5.97 Å². The van der Waals surface area contributed by atoms with E-state index in [-0.39, 0.29) is 49.2 Å². The van der Waals surface area contributed by atoms with E-state index >= 15 is 0 Å². The third kappa shape index (κ3) is 7.47. The first-order valence-electron chi connectivity index (χ1n) is 11.8. The number of imidazole rings is 1. The number of hydrogen-bond donors (Lipinski definition) is 5. The van der Waals surface area contributed by atoms with Crippen LogP contribution in [0.2, 0.25) is 0 Å². The van der Waals surface area contributed by atoms with Crippen LogP contribution in [-0.2, 0) is 35.5 Å². The van der Waals surface area contributed by atoms with E-state index in [1.54, 1.807) is 38.1 Å². The van der Waals surface area contributed by atoms with Gasteiger partial charge in [-0.3, -0.25) is 24.0 Å². The molecule has 0 saturated heterocycles. The summed E-state index contributed by atoms with van der Waals surface area (Å²) in [4.78, 5) is 65.1. The van der Waals surface area contributed by atoms with Crippen LogP contribution in [0.5, 0.6) is 0 Å². The lowest BCUT2D eigenvalue weighted by molar-refractivity contribution is -0.140. The van der Waals surface area contributed by atoms with Crippen LogP contribution in [-0.4, -0.2) is 68.5 Å². The molecule has 15 heteroatoms. The Morgan fingerprint density at radius 2 is 1.44 bits per heavy atom. The maximum absolute atomic E-state index is 12.8. The molecule has 0 unspecified atom stereocenters. The van der Waals surface area contributed by atoms with E-state index in [4.69, 9.17) is 5.73 Å². The number of ether oxygens (including phenoxy) is 1. The molecular formula is C24H31N9O6. The number of nitrogens with one attached hydrogen (secondary N) is 4. The van der Waals surface area contributed by atoms with Gasteiger partial charge in [0, 0.05) is 59.2 Å². The highest BCUT2D eigenvalue weighted by molar-refractivity contribution is 6.03. The SMILES string of the molecule is COC(=O)CCNC(=O)c1cc(NC(=O)c2nc(NC(=O)CCNC(=O)c3cc(N)cn3C)cn2C)cn1C. The van der Waals surface area contributed by atoms with E-state index < -0.39 is 23.7 Å². The summed E-state index contributed by atoms with van der Waals surface area (Å²) in [5.74, 6) is -2.01. The van der Waals surface area contributed by atoms with E-state index in [2.05, 4.69) is 31.0 Å². The molecule has 39 heavy (non-hydrogen) atoms. The summed E-state index contributed by atoms with van der Waals surface area (Å²) in [5.41, 5.74) is 7.13. The smallest absolute Gasteiger partial charge is 0.307 e. The summed E-state index contributed by atoms with van der Waals surface area (Å²) < 4.78 is 9.09. The van der Waals surface area contributed by atoms with Gasteiger partial charge in [-0.2, -0.15) is 0 Å². The highest BCUT2D eigenvalue weighted by atomic mass is 16.5. The monoisotopic (exact) mass is 541 g/mol. The van der Waals surface area contributed by atoms with E-state index in [9.17, 15) is 24.0 Å². The molecule has 6 N–H and O–H groups in total. The zero-order valence-electron chi connectivity index (χ0n) is 22.0. The molecular weight excluding hydrogens is 510 g/mol. The van der Waals surface area contributed by atoms with Crippen LogP contribution in [0.15, 0.2) is 30.7 Å². The number of aryl methyl sites for hydroxylation is 3. The van der Waals surface area contributed by atoms with E-state index in [0.717, 1.165) is 0 Å². The molecule has 0 aromatic carbocycles. The Hall–Kier alpha value is -5.08. The van der Waals surface area contributed by atoms with E-state index in [0.29, 0.717) is 17.1 Å². The average molecular weight is 542 g/mol. The second kappa shape index (κ2) is 12.4. The highest BCUT2D eigenvalue weighted by Gasteiger charge is 2.19. The lowest BCUT2D eigenvalue weighted by atomic mass is 10.3. The van der Waals surface area contributed by atoms with Gasteiger partial charge in [-0.1, -0.05) is 0 Å². The summed E-state index contributed by atoms with van der Waals surface area (Å²) in [6, 6.07) is 3.02. The first-order chi connectivity index (χ1) is 18.5. The van der Waals surface area contributed by atoms with E-state index in [1.807, 2.05) is 0 Å². The summed E-state index contributed by atoms with van der Waals surface area (Å²) in [7, 11) is 6.18. The van der Waals surface area contributed by atoms with Gasteiger partial charge in [0.2, 0.25) is 11.7 Å². The molecule has 208 valence electrons. The van der Waals surface area contributed by atoms with Crippen molar-refractivity contribution in [2.24, 2.45) is 21.1 Å². The number of rotatable bonds is 11. The molecule has 15 nitrogen and oxygen atoms in total. The van der Waals surface area contributed by atoms with Gasteiger partial charge in [0.1, 0.15) is 11.4 Å². The van der Waals surface area contributed by atoms with Crippen molar-refractivity contribution in [1.82, 2.24) is 29.3 Å². The molecule has 0 aliphatic carbocycles. The Bertz CT molecular complexity index is 1400. The van der Waals surface area contributed by atoms with Crippen molar-refractivity contribution in [3.05, 3.63) is 47.9 Å². The van der Waals surface area contributed by atoms with Gasteiger partial charge < -0.3 is 45.4 Å². The number of aromatic nitrogens is 4. The molecule has 0 saturated carbocycles. The van der Waals surface area contributed by atoms with Crippen LogP contribution in [0.25, 0.3) is 0 Å². The van der Waals surface area contributed by atoms with Gasteiger partial charge in [-0.05, 0) is 12.1 Å². The van der Waals surface area contributed by atoms with Gasteiger partial charge in [0.25, 0.3) is 17.7 Å². The Kier molecular flexibility index (Phi) is 9.09. The number of amides is 4. The first-order valence-corrected chi connectivity index (χ1v) is 11.8. The summed E-state index contributed by atoms with van der Waals surface area (Å²) in [5, 5.41) is 10.5. The predicted molar refractivity (Wildman–Crippen MR) is 141 cm³/mol. The molecule has 0 atom stereocenters. The molecule has 0 aliphatic heterocycles. The van der Waals surface area contributed by atoms with E-state index in [1.165, 1.54) is 34.6 Å². The Morgan fingerprint density at radius 1 is 0.821 bits per heavy atom. The molecule has 3 rings (SSSR count). The quantitative estimate of drug-likeness (QED) is 0.209. The molecule has 0 radical (unpaired) electrons. The number of nitrogens with two attached hydrogens (primary N) is 1. The number of nitrogen functional groups attached to an aromatic ring is 1. The minimum absolute atomic E-state index is 0.0156. The lowest BCUT2D eigenvalue weighted by Crippen LogP contribution is -2.29. The van der Waals surface area contributed by atoms with Crippen LogP contribution in [0.3, 0.4) is 0 Å². The minimum Gasteiger partial charge on any atom is -0.469 e. The average Bonchev–Trinajstić information content (AvgIpc) is 3.53. The van der Waals surface area contributed by atoms with Crippen LogP contribution >= 0.6 is 0 Å². The van der Waals surface area contributed by atoms with Crippen molar-refractivity contribution in [2.45, 2.75) is 12.8 Å². The molecule has 4 amide bonds. The lowest BCUT2D eigenvalue weighted by Gasteiger charge is -2.06. The Labute approximate surface area is 223 Å². The first kappa shape index (κ1) is 28.5. The number of methoxy groups -OCH3 is 1. The number of hydrogen-bond acceptors (Lipinski definition) is 8. The zero-order chi connectivity index (χ0) is 28.7. The largest absolute Gasteiger partial charge is 0.469 e. The Morgan fingerprint density at radius 3 is 2.05 bits per heavy atom. The summed E-state index contributed by atoms with van der Waals surface area (Å²) in [6.07, 6.45) is 4.66. The standard InChI is InChI=1S/C24H31N9O6/c1-31-11-14(25)9-16(31)22(36)26-7-5-19(34)29-18-13-33(3)21(30-18)24(38)28-15-10-17(32(2)12-15)23(37)27-8-6-20(35)39-4/h9-13H,5-8,25H2,1-4H3,(H,26,36)(H,27,37)(H,28,38)(H,29,34). The maximum Gasteiger partial charge on any atom is 0.307 e. The summed E-state index contributed by atoms with van der Waals surface area (Å²) >= 11 is 0. The van der Waals surface area contributed by atoms with Crippen molar-refractivity contribution in [2.75, 3.05) is 36.6 Å². The molecule has 0 spiro atoms. The maximum atomic E-state index is 12.8.